The number of rotatable bonds is 5. The van der Waals surface area contributed by atoms with Crippen LogP contribution < -0.4 is 11.1 Å². The van der Waals surface area contributed by atoms with Crippen LogP contribution >= 0.6 is 11.8 Å². The van der Waals surface area contributed by atoms with Crippen molar-refractivity contribution in [3.05, 3.63) is 24.0 Å². The Hall–Kier alpha value is -0.740. The molecule has 0 unspecified atom stereocenters. The van der Waals surface area contributed by atoms with Gasteiger partial charge in [0.25, 0.3) is 0 Å². The van der Waals surface area contributed by atoms with Gasteiger partial charge in [0.15, 0.2) is 0 Å². The van der Waals surface area contributed by atoms with Gasteiger partial charge in [-0.3, -0.25) is 0 Å². The van der Waals surface area contributed by atoms with Crippen LogP contribution in [0, 0.1) is 5.82 Å². The Morgan fingerprint density at radius 2 is 2.29 bits per heavy atom. The summed E-state index contributed by atoms with van der Waals surface area (Å²) in [7, 11) is 1.91. The van der Waals surface area contributed by atoms with Gasteiger partial charge in [-0.2, -0.15) is 0 Å². The summed E-state index contributed by atoms with van der Waals surface area (Å²) in [5.41, 5.74) is 5.92. The third-order valence-electron chi connectivity index (χ3n) is 1.78. The van der Waals surface area contributed by atoms with E-state index in [9.17, 15) is 4.39 Å². The maximum Gasteiger partial charge on any atom is 0.138 e. The molecule has 1 aromatic rings. The summed E-state index contributed by atoms with van der Waals surface area (Å²) in [6.07, 6.45) is 1.03. The molecule has 0 aliphatic carbocycles. The lowest BCUT2D eigenvalue weighted by Gasteiger charge is -2.03. The molecule has 0 spiro atoms. The Bertz CT molecular complexity index is 291. The fourth-order valence-corrected chi connectivity index (χ4v) is 1.93. The maximum atomic E-state index is 13.2. The van der Waals surface area contributed by atoms with E-state index < -0.39 is 0 Å². The average molecular weight is 214 g/mol. The van der Waals surface area contributed by atoms with Crippen molar-refractivity contribution in [2.45, 2.75) is 11.3 Å². The molecule has 78 valence electrons. The predicted octanol–water partition coefficient (Wildman–Crippen LogP) is 2.11. The van der Waals surface area contributed by atoms with Gasteiger partial charge >= 0.3 is 0 Å². The SMILES string of the molecule is CNCCCSc1ccc(N)cc1F. The summed E-state index contributed by atoms with van der Waals surface area (Å²) in [5, 5.41) is 3.05. The van der Waals surface area contributed by atoms with Crippen LogP contribution in [-0.2, 0) is 0 Å². The Balaban J connectivity index is 2.42. The van der Waals surface area contributed by atoms with Crippen molar-refractivity contribution in [2.24, 2.45) is 0 Å². The summed E-state index contributed by atoms with van der Waals surface area (Å²) in [6, 6.07) is 4.82. The number of hydrogen-bond acceptors (Lipinski definition) is 3. The highest BCUT2D eigenvalue weighted by molar-refractivity contribution is 7.99. The lowest BCUT2D eigenvalue weighted by atomic mass is 10.3. The molecule has 0 saturated heterocycles. The first-order chi connectivity index (χ1) is 6.74. The van der Waals surface area contributed by atoms with E-state index in [0.717, 1.165) is 18.7 Å². The highest BCUT2D eigenvalue weighted by Gasteiger charge is 2.02. The minimum atomic E-state index is -0.223. The first-order valence-corrected chi connectivity index (χ1v) is 5.55. The van der Waals surface area contributed by atoms with Gasteiger partial charge in [-0.25, -0.2) is 4.39 Å². The fourth-order valence-electron chi connectivity index (χ4n) is 1.07. The minimum absolute atomic E-state index is 0.223. The molecule has 14 heavy (non-hydrogen) atoms. The zero-order chi connectivity index (χ0) is 10.4. The second-order valence-electron chi connectivity index (χ2n) is 3.00. The average Bonchev–Trinajstić information content (AvgIpc) is 2.15. The topological polar surface area (TPSA) is 38.0 Å². The molecule has 0 radical (unpaired) electrons. The van der Waals surface area contributed by atoms with Crippen LogP contribution in [0.1, 0.15) is 6.42 Å². The quantitative estimate of drug-likeness (QED) is 0.448. The van der Waals surface area contributed by atoms with E-state index in [2.05, 4.69) is 5.32 Å². The number of thioether (sulfide) groups is 1. The molecule has 0 fully saturated rings. The van der Waals surface area contributed by atoms with Crippen LogP contribution in [0.25, 0.3) is 0 Å². The number of benzene rings is 1. The summed E-state index contributed by atoms with van der Waals surface area (Å²) in [4.78, 5) is 0.676. The molecule has 3 N–H and O–H groups in total. The fraction of sp³-hybridized carbons (Fsp3) is 0.400. The van der Waals surface area contributed by atoms with Crippen LogP contribution in [0.3, 0.4) is 0 Å². The number of nitrogen functional groups attached to an aromatic ring is 1. The third kappa shape index (κ3) is 3.55. The van der Waals surface area contributed by atoms with Gasteiger partial charge in [0, 0.05) is 10.6 Å². The molecule has 0 saturated carbocycles. The van der Waals surface area contributed by atoms with Gasteiger partial charge < -0.3 is 11.1 Å². The first kappa shape index (κ1) is 11.3. The van der Waals surface area contributed by atoms with Crippen molar-refractivity contribution < 1.29 is 4.39 Å². The van der Waals surface area contributed by atoms with Gasteiger partial charge in [0.2, 0.25) is 0 Å². The van der Waals surface area contributed by atoms with Gasteiger partial charge in [0.1, 0.15) is 5.82 Å². The Kier molecular flexibility index (Phi) is 4.76. The summed E-state index contributed by atoms with van der Waals surface area (Å²) >= 11 is 1.53. The molecular weight excluding hydrogens is 199 g/mol. The van der Waals surface area contributed by atoms with Crippen LogP contribution in [-0.4, -0.2) is 19.3 Å². The van der Waals surface area contributed by atoms with Crippen molar-refractivity contribution in [1.82, 2.24) is 5.32 Å². The lowest BCUT2D eigenvalue weighted by Crippen LogP contribution is -2.08. The summed E-state index contributed by atoms with van der Waals surface area (Å²) < 4.78 is 13.2. The van der Waals surface area contributed by atoms with E-state index >= 15 is 0 Å². The molecule has 2 nitrogen and oxygen atoms in total. The van der Waals surface area contributed by atoms with Crippen molar-refractivity contribution in [1.29, 1.82) is 0 Å². The van der Waals surface area contributed by atoms with Crippen LogP contribution in [0.5, 0.6) is 0 Å². The summed E-state index contributed by atoms with van der Waals surface area (Å²) in [5.74, 6) is 0.696. The van der Waals surface area contributed by atoms with Crippen LogP contribution in [0.2, 0.25) is 0 Å². The highest BCUT2D eigenvalue weighted by atomic mass is 32.2. The molecule has 1 aromatic carbocycles. The van der Waals surface area contributed by atoms with Crippen molar-refractivity contribution in [3.63, 3.8) is 0 Å². The van der Waals surface area contributed by atoms with Gasteiger partial charge in [-0.05, 0) is 44.0 Å². The van der Waals surface area contributed by atoms with Crippen molar-refractivity contribution in [2.75, 3.05) is 25.1 Å². The van der Waals surface area contributed by atoms with Crippen LogP contribution in [0.15, 0.2) is 23.1 Å². The minimum Gasteiger partial charge on any atom is -0.399 e. The first-order valence-electron chi connectivity index (χ1n) is 4.56. The molecule has 0 heterocycles. The molecule has 0 aliphatic rings. The summed E-state index contributed by atoms with van der Waals surface area (Å²) in [6.45, 7) is 0.962. The van der Waals surface area contributed by atoms with Crippen LogP contribution in [0.4, 0.5) is 10.1 Å². The lowest BCUT2D eigenvalue weighted by molar-refractivity contribution is 0.602. The smallest absolute Gasteiger partial charge is 0.138 e. The molecule has 0 atom stereocenters. The van der Waals surface area contributed by atoms with Gasteiger partial charge in [0.05, 0.1) is 0 Å². The number of anilines is 1. The Labute approximate surface area is 88.1 Å². The zero-order valence-corrected chi connectivity index (χ0v) is 9.03. The molecule has 0 aliphatic heterocycles. The second kappa shape index (κ2) is 5.88. The molecule has 0 bridgehead atoms. The molecule has 0 aromatic heterocycles. The number of halogens is 1. The Morgan fingerprint density at radius 1 is 1.50 bits per heavy atom. The van der Waals surface area contributed by atoms with Gasteiger partial charge in [-0.1, -0.05) is 0 Å². The van der Waals surface area contributed by atoms with E-state index in [-0.39, 0.29) is 5.82 Å². The van der Waals surface area contributed by atoms with E-state index in [4.69, 9.17) is 5.73 Å². The molecule has 4 heteroatoms. The molecule has 0 amide bonds. The third-order valence-corrected chi connectivity index (χ3v) is 2.92. The zero-order valence-electron chi connectivity index (χ0n) is 8.22. The standard InChI is InChI=1S/C10H15FN2S/c1-13-5-2-6-14-10-4-3-8(12)7-9(10)11/h3-4,7,13H,2,5-6,12H2,1H3. The number of nitrogens with two attached hydrogens (primary N) is 1. The predicted molar refractivity (Wildman–Crippen MR) is 60.1 cm³/mol. The van der Waals surface area contributed by atoms with Crippen molar-refractivity contribution >= 4 is 17.4 Å². The van der Waals surface area contributed by atoms with E-state index in [1.54, 1.807) is 12.1 Å². The van der Waals surface area contributed by atoms with E-state index in [0.29, 0.717) is 10.6 Å². The van der Waals surface area contributed by atoms with E-state index in [1.807, 2.05) is 7.05 Å². The maximum absolute atomic E-state index is 13.2. The van der Waals surface area contributed by atoms with Crippen molar-refractivity contribution in [3.8, 4) is 0 Å². The highest BCUT2D eigenvalue weighted by Crippen LogP contribution is 2.23. The van der Waals surface area contributed by atoms with Gasteiger partial charge in [-0.15, -0.1) is 11.8 Å². The second-order valence-corrected chi connectivity index (χ2v) is 4.13. The Morgan fingerprint density at radius 3 is 2.93 bits per heavy atom. The largest absolute Gasteiger partial charge is 0.399 e. The normalized spacial score (nSPS) is 10.4. The number of hydrogen-bond donors (Lipinski definition) is 2. The number of nitrogens with one attached hydrogen (secondary N) is 1. The van der Waals surface area contributed by atoms with E-state index in [1.165, 1.54) is 17.8 Å². The molecular formula is C10H15FN2S. The molecule has 1 rings (SSSR count). The monoisotopic (exact) mass is 214 g/mol.